The van der Waals surface area contributed by atoms with E-state index in [-0.39, 0.29) is 18.3 Å². The number of rotatable bonds is 3. The number of benzene rings is 1. The summed E-state index contributed by atoms with van der Waals surface area (Å²) in [4.78, 5) is 7.86. The molecule has 0 aliphatic heterocycles. The van der Waals surface area contributed by atoms with Crippen LogP contribution in [0.4, 0.5) is 4.39 Å². The quantitative estimate of drug-likeness (QED) is 0.884. The van der Waals surface area contributed by atoms with Gasteiger partial charge in [0.1, 0.15) is 11.6 Å². The lowest BCUT2D eigenvalue weighted by Gasteiger charge is -2.07. The van der Waals surface area contributed by atoms with Gasteiger partial charge in [-0.2, -0.15) is 0 Å². The Morgan fingerprint density at radius 3 is 2.76 bits per heavy atom. The van der Waals surface area contributed by atoms with Crippen molar-refractivity contribution >= 4 is 0 Å². The fourth-order valence-corrected chi connectivity index (χ4v) is 1.27. The van der Waals surface area contributed by atoms with Gasteiger partial charge in [0.2, 0.25) is 5.88 Å². The van der Waals surface area contributed by atoms with Gasteiger partial charge in [-0.1, -0.05) is 6.07 Å². The summed E-state index contributed by atoms with van der Waals surface area (Å²) >= 11 is 0. The highest BCUT2D eigenvalue weighted by atomic mass is 19.1. The molecule has 0 atom stereocenters. The fraction of sp³-hybridized carbons (Fsp3) is 0.167. The summed E-state index contributed by atoms with van der Waals surface area (Å²) < 4.78 is 18.4. The molecule has 4 nitrogen and oxygen atoms in total. The molecule has 0 amide bonds. The molecule has 0 spiro atoms. The van der Waals surface area contributed by atoms with Crippen molar-refractivity contribution in [1.82, 2.24) is 9.97 Å². The average molecular weight is 234 g/mol. The standard InChI is InChI=1S/C12H11FN2O2/c1-8-2-3-9(13)4-11(8)17-12-6-14-10(7-16)5-15-12/h2-6,16H,7H2,1H3. The molecule has 0 saturated heterocycles. The number of aryl methyl sites for hydroxylation is 1. The van der Waals surface area contributed by atoms with Crippen LogP contribution in [0.5, 0.6) is 11.6 Å². The molecule has 0 radical (unpaired) electrons. The van der Waals surface area contributed by atoms with Gasteiger partial charge in [-0.15, -0.1) is 0 Å². The van der Waals surface area contributed by atoms with Crippen LogP contribution >= 0.6 is 0 Å². The maximum Gasteiger partial charge on any atom is 0.237 e. The van der Waals surface area contributed by atoms with Crippen molar-refractivity contribution in [3.05, 3.63) is 47.7 Å². The lowest BCUT2D eigenvalue weighted by Crippen LogP contribution is -1.95. The van der Waals surface area contributed by atoms with Crippen LogP contribution in [0.2, 0.25) is 0 Å². The molecule has 1 heterocycles. The molecule has 5 heteroatoms. The summed E-state index contributed by atoms with van der Waals surface area (Å²) in [6.45, 7) is 1.64. The molecule has 0 fully saturated rings. The number of halogens is 1. The largest absolute Gasteiger partial charge is 0.437 e. The number of aliphatic hydroxyl groups excluding tert-OH is 1. The lowest BCUT2D eigenvalue weighted by atomic mass is 10.2. The molecule has 2 aromatic rings. The minimum atomic E-state index is -0.370. The highest BCUT2D eigenvalue weighted by Crippen LogP contribution is 2.23. The smallest absolute Gasteiger partial charge is 0.237 e. The lowest BCUT2D eigenvalue weighted by molar-refractivity contribution is 0.276. The minimum absolute atomic E-state index is 0.174. The van der Waals surface area contributed by atoms with Crippen molar-refractivity contribution in [2.24, 2.45) is 0 Å². The van der Waals surface area contributed by atoms with Gasteiger partial charge < -0.3 is 9.84 Å². The zero-order valence-electron chi connectivity index (χ0n) is 9.22. The van der Waals surface area contributed by atoms with Gasteiger partial charge >= 0.3 is 0 Å². The van der Waals surface area contributed by atoms with Crippen molar-refractivity contribution in [3.63, 3.8) is 0 Å². The molecule has 17 heavy (non-hydrogen) atoms. The number of aromatic nitrogens is 2. The third-order valence-electron chi connectivity index (χ3n) is 2.21. The van der Waals surface area contributed by atoms with Gasteiger partial charge in [0, 0.05) is 6.07 Å². The monoisotopic (exact) mass is 234 g/mol. The summed E-state index contributed by atoms with van der Waals surface area (Å²) in [5.41, 5.74) is 1.26. The third kappa shape index (κ3) is 2.76. The van der Waals surface area contributed by atoms with Crippen LogP contribution in [-0.2, 0) is 6.61 Å². The summed E-state index contributed by atoms with van der Waals surface area (Å²) in [6, 6.07) is 4.28. The Hall–Kier alpha value is -2.01. The molecule has 0 aliphatic rings. The van der Waals surface area contributed by atoms with Crippen molar-refractivity contribution in [1.29, 1.82) is 0 Å². The first-order chi connectivity index (χ1) is 8.19. The molecule has 1 N–H and O–H groups in total. The van der Waals surface area contributed by atoms with Crippen molar-refractivity contribution in [3.8, 4) is 11.6 Å². The number of nitrogens with zero attached hydrogens (tertiary/aromatic N) is 2. The Kier molecular flexibility index (Phi) is 3.30. The van der Waals surface area contributed by atoms with Crippen LogP contribution in [0.15, 0.2) is 30.6 Å². The maximum atomic E-state index is 13.0. The molecule has 1 aromatic carbocycles. The van der Waals surface area contributed by atoms with Crippen LogP contribution in [-0.4, -0.2) is 15.1 Å². The van der Waals surface area contributed by atoms with Gasteiger partial charge in [-0.25, -0.2) is 9.37 Å². The molecule has 88 valence electrons. The predicted molar refractivity (Wildman–Crippen MR) is 59.2 cm³/mol. The Bertz CT molecular complexity index is 514. The van der Waals surface area contributed by atoms with E-state index in [1.54, 1.807) is 6.07 Å². The second-order valence-electron chi connectivity index (χ2n) is 3.52. The second kappa shape index (κ2) is 4.88. The number of hydrogen-bond donors (Lipinski definition) is 1. The van der Waals surface area contributed by atoms with E-state index in [0.717, 1.165) is 5.56 Å². The fourth-order valence-electron chi connectivity index (χ4n) is 1.27. The number of aliphatic hydroxyl groups is 1. The zero-order valence-corrected chi connectivity index (χ0v) is 9.22. The summed E-state index contributed by atoms with van der Waals surface area (Å²) in [5.74, 6) is 0.289. The Labute approximate surface area is 97.7 Å². The maximum absolute atomic E-state index is 13.0. The molecule has 2 rings (SSSR count). The van der Waals surface area contributed by atoms with E-state index in [1.165, 1.54) is 24.5 Å². The SMILES string of the molecule is Cc1ccc(F)cc1Oc1cnc(CO)cn1. The third-order valence-corrected chi connectivity index (χ3v) is 2.21. The molecule has 0 bridgehead atoms. The van der Waals surface area contributed by atoms with Crippen LogP contribution < -0.4 is 4.74 Å². The van der Waals surface area contributed by atoms with Gasteiger partial charge in [0.15, 0.2) is 0 Å². The van der Waals surface area contributed by atoms with Gasteiger partial charge in [-0.3, -0.25) is 4.98 Å². The van der Waals surface area contributed by atoms with Crippen molar-refractivity contribution in [2.75, 3.05) is 0 Å². The normalized spacial score (nSPS) is 10.3. The topological polar surface area (TPSA) is 55.2 Å². The number of ether oxygens (including phenoxy) is 1. The first-order valence-corrected chi connectivity index (χ1v) is 5.05. The van der Waals surface area contributed by atoms with E-state index in [9.17, 15) is 4.39 Å². The van der Waals surface area contributed by atoms with Gasteiger partial charge in [0.25, 0.3) is 0 Å². The Balaban J connectivity index is 2.22. The van der Waals surface area contributed by atoms with Crippen LogP contribution in [0.3, 0.4) is 0 Å². The molecule has 0 saturated carbocycles. The zero-order chi connectivity index (χ0) is 12.3. The van der Waals surface area contributed by atoms with Gasteiger partial charge in [0.05, 0.1) is 24.7 Å². The van der Waals surface area contributed by atoms with E-state index in [0.29, 0.717) is 11.4 Å². The first kappa shape index (κ1) is 11.5. The van der Waals surface area contributed by atoms with Crippen molar-refractivity contribution in [2.45, 2.75) is 13.5 Å². The highest BCUT2D eigenvalue weighted by molar-refractivity contribution is 5.35. The Morgan fingerprint density at radius 2 is 2.12 bits per heavy atom. The molecule has 0 aliphatic carbocycles. The van der Waals surface area contributed by atoms with Crippen LogP contribution in [0.1, 0.15) is 11.3 Å². The second-order valence-corrected chi connectivity index (χ2v) is 3.52. The van der Waals surface area contributed by atoms with Crippen LogP contribution in [0.25, 0.3) is 0 Å². The summed E-state index contributed by atoms with van der Waals surface area (Å²) in [6.07, 6.45) is 2.79. The highest BCUT2D eigenvalue weighted by Gasteiger charge is 2.04. The van der Waals surface area contributed by atoms with E-state index in [4.69, 9.17) is 9.84 Å². The molecular formula is C12H11FN2O2. The molecule has 1 aromatic heterocycles. The average Bonchev–Trinajstić information content (AvgIpc) is 2.35. The molecular weight excluding hydrogens is 223 g/mol. The van der Waals surface area contributed by atoms with E-state index in [1.807, 2.05) is 6.92 Å². The van der Waals surface area contributed by atoms with E-state index >= 15 is 0 Å². The van der Waals surface area contributed by atoms with Gasteiger partial charge in [-0.05, 0) is 18.6 Å². The van der Waals surface area contributed by atoms with Crippen LogP contribution in [0, 0.1) is 12.7 Å². The van der Waals surface area contributed by atoms with E-state index in [2.05, 4.69) is 9.97 Å². The molecule has 0 unspecified atom stereocenters. The number of hydrogen-bond acceptors (Lipinski definition) is 4. The predicted octanol–water partition coefficient (Wildman–Crippen LogP) is 2.21. The van der Waals surface area contributed by atoms with Crippen molar-refractivity contribution < 1.29 is 14.2 Å². The Morgan fingerprint density at radius 1 is 1.29 bits per heavy atom. The first-order valence-electron chi connectivity index (χ1n) is 5.05. The minimum Gasteiger partial charge on any atom is -0.437 e. The van der Waals surface area contributed by atoms with E-state index < -0.39 is 0 Å². The summed E-state index contributed by atoms with van der Waals surface area (Å²) in [7, 11) is 0. The summed E-state index contributed by atoms with van der Waals surface area (Å²) in [5, 5.41) is 8.81.